The molecule has 0 atom stereocenters. The number of carbonyl (C=O) groups excluding carboxylic acids is 1. The van der Waals surface area contributed by atoms with E-state index in [9.17, 15) is 14.8 Å². The summed E-state index contributed by atoms with van der Waals surface area (Å²) in [6.07, 6.45) is -0.522. The van der Waals surface area contributed by atoms with E-state index in [1.165, 1.54) is 11.1 Å². The molecular weight excluding hydrogens is 441 g/mol. The van der Waals surface area contributed by atoms with Crippen molar-refractivity contribution in [2.45, 2.75) is 32.1 Å². The molecule has 1 aliphatic rings. The lowest BCUT2D eigenvalue weighted by molar-refractivity contribution is 0.142. The van der Waals surface area contributed by atoms with Crippen LogP contribution in [0.3, 0.4) is 0 Å². The minimum absolute atomic E-state index is 0.00513. The molecule has 7 heteroatoms. The molecule has 3 aromatic rings. The van der Waals surface area contributed by atoms with E-state index in [4.69, 9.17) is 4.74 Å². The van der Waals surface area contributed by atoms with Crippen LogP contribution in [0.2, 0.25) is 19.6 Å². The molecule has 3 N–H and O–H groups in total. The fraction of sp³-hybridized carbons (Fsp3) is 0.222. The van der Waals surface area contributed by atoms with Crippen molar-refractivity contribution in [3.05, 3.63) is 89.0 Å². The molecule has 0 saturated heterocycles. The maximum Gasteiger partial charge on any atom is 0.488 e. The van der Waals surface area contributed by atoms with Crippen molar-refractivity contribution in [3.8, 4) is 22.6 Å². The summed E-state index contributed by atoms with van der Waals surface area (Å²) < 4.78 is 5.59. The molecule has 0 unspecified atom stereocenters. The van der Waals surface area contributed by atoms with Gasteiger partial charge in [-0.3, -0.25) is 0 Å². The van der Waals surface area contributed by atoms with Gasteiger partial charge in [0.25, 0.3) is 0 Å². The van der Waals surface area contributed by atoms with Crippen LogP contribution >= 0.6 is 0 Å². The average Bonchev–Trinajstić information content (AvgIpc) is 3.13. The van der Waals surface area contributed by atoms with Gasteiger partial charge in [-0.2, -0.15) is 0 Å². The van der Waals surface area contributed by atoms with E-state index in [0.29, 0.717) is 11.0 Å². The van der Waals surface area contributed by atoms with Crippen molar-refractivity contribution < 1.29 is 19.6 Å². The zero-order chi connectivity index (χ0) is 24.3. The van der Waals surface area contributed by atoms with E-state index in [1.54, 1.807) is 12.1 Å². The van der Waals surface area contributed by atoms with Gasteiger partial charge in [0, 0.05) is 18.0 Å². The van der Waals surface area contributed by atoms with Gasteiger partial charge in [-0.25, -0.2) is 4.79 Å². The van der Waals surface area contributed by atoms with Crippen LogP contribution in [0, 0.1) is 11.5 Å². The highest BCUT2D eigenvalue weighted by molar-refractivity contribution is 6.83. The molecule has 1 aliphatic carbocycles. The number of nitrogens with one attached hydrogen (secondary N) is 1. The highest BCUT2D eigenvalue weighted by Crippen LogP contribution is 2.44. The first-order chi connectivity index (χ1) is 16.2. The van der Waals surface area contributed by atoms with Gasteiger partial charge >= 0.3 is 13.2 Å². The molecule has 0 radical (unpaired) electrons. The SMILES string of the molecule is C[Si](C)(C)C#Cc1cc(CNC(=O)OCC2c3ccccc3-c3ccccc32)cc(B(O)O)c1. The number of carbonyl (C=O) groups is 1. The van der Waals surface area contributed by atoms with Crippen molar-refractivity contribution in [3.63, 3.8) is 0 Å². The van der Waals surface area contributed by atoms with Crippen molar-refractivity contribution in [2.75, 3.05) is 6.61 Å². The molecule has 0 aromatic heterocycles. The zero-order valence-electron chi connectivity index (χ0n) is 19.6. The number of fused-ring (bicyclic) bond motifs is 3. The highest BCUT2D eigenvalue weighted by Gasteiger charge is 2.29. The number of benzene rings is 3. The first-order valence-corrected chi connectivity index (χ1v) is 14.8. The normalized spacial score (nSPS) is 12.3. The molecule has 0 heterocycles. The van der Waals surface area contributed by atoms with E-state index in [0.717, 1.165) is 16.7 Å². The van der Waals surface area contributed by atoms with E-state index in [1.807, 2.05) is 30.3 Å². The van der Waals surface area contributed by atoms with E-state index in [2.05, 4.69) is 60.7 Å². The van der Waals surface area contributed by atoms with Gasteiger partial charge in [0.15, 0.2) is 0 Å². The maximum absolute atomic E-state index is 12.5. The number of hydrogen-bond donors (Lipinski definition) is 3. The Morgan fingerprint density at radius 3 is 2.21 bits per heavy atom. The summed E-state index contributed by atoms with van der Waals surface area (Å²) in [6, 6.07) is 21.6. The van der Waals surface area contributed by atoms with E-state index < -0.39 is 21.3 Å². The van der Waals surface area contributed by atoms with Gasteiger partial charge in [-0.05, 0) is 45.4 Å². The molecule has 5 nitrogen and oxygen atoms in total. The second-order valence-electron chi connectivity index (χ2n) is 9.52. The monoisotopic (exact) mass is 469 g/mol. The summed E-state index contributed by atoms with van der Waals surface area (Å²) in [5, 5.41) is 22.1. The minimum Gasteiger partial charge on any atom is -0.449 e. The third kappa shape index (κ3) is 5.60. The van der Waals surface area contributed by atoms with Crippen molar-refractivity contribution in [2.24, 2.45) is 0 Å². The predicted molar refractivity (Wildman–Crippen MR) is 138 cm³/mol. The third-order valence-electron chi connectivity index (χ3n) is 5.68. The van der Waals surface area contributed by atoms with Crippen molar-refractivity contribution >= 4 is 26.7 Å². The summed E-state index contributed by atoms with van der Waals surface area (Å²) in [6.45, 7) is 6.86. The standard InChI is InChI=1S/C27H28BNO4Si/c1-34(2,3)13-12-19-14-20(16-21(15-19)28(31)32)17-29-27(30)33-18-26-24-10-6-4-8-22(24)23-9-5-7-11-25(23)26/h4-11,14-16,26,31-32H,17-18H2,1-3H3,(H,29,30). The lowest BCUT2D eigenvalue weighted by atomic mass is 9.78. The highest BCUT2D eigenvalue weighted by atomic mass is 28.3. The molecule has 4 rings (SSSR count). The Hall–Kier alpha value is -3.31. The Morgan fingerprint density at radius 1 is 1.00 bits per heavy atom. The number of ether oxygens (including phenoxy) is 1. The number of amides is 1. The molecular formula is C27H28BNO4Si. The van der Waals surface area contributed by atoms with Crippen LogP contribution in [-0.2, 0) is 11.3 Å². The summed E-state index contributed by atoms with van der Waals surface area (Å²) >= 11 is 0. The fourth-order valence-corrected chi connectivity index (χ4v) is 4.64. The summed E-state index contributed by atoms with van der Waals surface area (Å²) in [5.41, 5.74) is 9.71. The second kappa shape index (κ2) is 9.90. The van der Waals surface area contributed by atoms with Crippen LogP contribution in [0.1, 0.15) is 28.2 Å². The van der Waals surface area contributed by atoms with Gasteiger partial charge < -0.3 is 20.1 Å². The first-order valence-electron chi connectivity index (χ1n) is 11.3. The largest absolute Gasteiger partial charge is 0.488 e. The Bertz CT molecular complexity index is 1230. The number of hydrogen-bond acceptors (Lipinski definition) is 4. The molecule has 34 heavy (non-hydrogen) atoms. The van der Waals surface area contributed by atoms with Crippen LogP contribution in [0.25, 0.3) is 11.1 Å². The van der Waals surface area contributed by atoms with Gasteiger partial charge in [0.2, 0.25) is 0 Å². The van der Waals surface area contributed by atoms with Crippen molar-refractivity contribution in [1.82, 2.24) is 5.32 Å². The predicted octanol–water partition coefficient (Wildman–Crippen LogP) is 3.63. The van der Waals surface area contributed by atoms with Crippen LogP contribution in [0.4, 0.5) is 4.79 Å². The maximum atomic E-state index is 12.5. The van der Waals surface area contributed by atoms with Gasteiger partial charge in [0.1, 0.15) is 14.7 Å². The lowest BCUT2D eigenvalue weighted by Gasteiger charge is -2.15. The minimum atomic E-state index is -1.61. The molecule has 0 saturated carbocycles. The van der Waals surface area contributed by atoms with E-state index in [-0.39, 0.29) is 19.1 Å². The summed E-state index contributed by atoms with van der Waals surface area (Å²) in [4.78, 5) is 12.5. The number of alkyl carbamates (subject to hydrolysis) is 1. The molecule has 3 aromatic carbocycles. The second-order valence-corrected chi connectivity index (χ2v) is 14.3. The molecule has 0 bridgehead atoms. The summed E-state index contributed by atoms with van der Waals surface area (Å²) in [5.74, 6) is 3.13. The summed E-state index contributed by atoms with van der Waals surface area (Å²) in [7, 11) is -3.20. The molecule has 0 spiro atoms. The zero-order valence-corrected chi connectivity index (χ0v) is 20.6. The Balaban J connectivity index is 1.43. The lowest BCUT2D eigenvalue weighted by Crippen LogP contribution is -2.31. The quantitative estimate of drug-likeness (QED) is 0.394. The van der Waals surface area contributed by atoms with Crippen LogP contribution in [-0.4, -0.2) is 37.9 Å². The van der Waals surface area contributed by atoms with Gasteiger partial charge in [-0.15, -0.1) is 5.54 Å². The molecule has 0 aliphatic heterocycles. The smallest absolute Gasteiger partial charge is 0.449 e. The number of rotatable bonds is 5. The average molecular weight is 469 g/mol. The third-order valence-corrected chi connectivity index (χ3v) is 6.55. The molecule has 1 amide bonds. The molecule has 0 fully saturated rings. The molecule has 172 valence electrons. The Morgan fingerprint density at radius 2 is 1.62 bits per heavy atom. The van der Waals surface area contributed by atoms with Crippen LogP contribution < -0.4 is 10.8 Å². The van der Waals surface area contributed by atoms with Crippen molar-refractivity contribution in [1.29, 1.82) is 0 Å². The topological polar surface area (TPSA) is 78.8 Å². The Kier molecular flexibility index (Phi) is 6.94. The fourth-order valence-electron chi connectivity index (χ4n) is 4.13. The first kappa shape index (κ1) is 23.8. The van der Waals surface area contributed by atoms with Gasteiger partial charge in [0.05, 0.1) is 0 Å². The Labute approximate surface area is 202 Å². The van der Waals surface area contributed by atoms with E-state index >= 15 is 0 Å². The van der Waals surface area contributed by atoms with Gasteiger partial charge in [-0.1, -0.05) is 80.2 Å². The van der Waals surface area contributed by atoms with Crippen LogP contribution in [0.15, 0.2) is 66.7 Å². The van der Waals surface area contributed by atoms with Crippen LogP contribution in [0.5, 0.6) is 0 Å².